The molecule has 6 rings (SSSR count). The van der Waals surface area contributed by atoms with Gasteiger partial charge in [0.1, 0.15) is 5.76 Å². The molecular formula is C24H20ClN5O4S. The van der Waals surface area contributed by atoms with Crippen molar-refractivity contribution in [1.29, 1.82) is 0 Å². The molecule has 0 saturated carbocycles. The van der Waals surface area contributed by atoms with E-state index in [1.165, 1.54) is 11.8 Å². The lowest BCUT2D eigenvalue weighted by atomic mass is 9.75. The van der Waals surface area contributed by atoms with Gasteiger partial charge in [-0.1, -0.05) is 11.6 Å². The maximum absolute atomic E-state index is 13.0. The topological polar surface area (TPSA) is 125 Å². The molecule has 2 aliphatic rings. The molecule has 178 valence electrons. The lowest BCUT2D eigenvalue weighted by Gasteiger charge is -2.33. The summed E-state index contributed by atoms with van der Waals surface area (Å²) >= 11 is 7.43. The summed E-state index contributed by atoms with van der Waals surface area (Å²) in [6, 6.07) is 9.19. The molecule has 2 aliphatic heterocycles. The smallest absolute Gasteiger partial charge is 0.357 e. The Morgan fingerprint density at radius 1 is 1.26 bits per heavy atom. The lowest BCUT2D eigenvalue weighted by molar-refractivity contribution is -0.121. The predicted octanol–water partition coefficient (Wildman–Crippen LogP) is 4.47. The fourth-order valence-corrected chi connectivity index (χ4v) is 5.59. The Hall–Kier alpha value is -3.34. The molecule has 0 bridgehead atoms. The number of carbonyl (C=O) groups excluding carboxylic acids is 2. The molecule has 1 fully saturated rings. The van der Waals surface area contributed by atoms with E-state index in [2.05, 4.69) is 20.3 Å². The summed E-state index contributed by atoms with van der Waals surface area (Å²) in [6.45, 7) is 2.72. The van der Waals surface area contributed by atoms with Crippen molar-refractivity contribution in [3.8, 4) is 0 Å². The number of piperidine rings is 1. The number of imidazole rings is 1. The number of aliphatic imine (C=N–C) groups is 1. The van der Waals surface area contributed by atoms with Gasteiger partial charge in [0.05, 0.1) is 41.7 Å². The molecule has 2 atom stereocenters. The number of nitrogens with zero attached hydrogens (tertiary/aromatic N) is 2. The van der Waals surface area contributed by atoms with E-state index < -0.39 is 17.8 Å². The third-order valence-corrected chi connectivity index (χ3v) is 7.17. The molecule has 4 aromatic rings. The van der Waals surface area contributed by atoms with E-state index in [0.717, 1.165) is 16.6 Å². The number of aromatic nitrogens is 3. The zero-order valence-corrected chi connectivity index (χ0v) is 20.1. The molecule has 1 aromatic carbocycles. The van der Waals surface area contributed by atoms with E-state index in [9.17, 15) is 9.59 Å². The van der Waals surface area contributed by atoms with E-state index >= 15 is 0 Å². The Morgan fingerprint density at radius 2 is 2.14 bits per heavy atom. The number of rotatable bonds is 5. The highest BCUT2D eigenvalue weighted by Crippen LogP contribution is 2.46. The van der Waals surface area contributed by atoms with Gasteiger partial charge < -0.3 is 24.4 Å². The van der Waals surface area contributed by atoms with Gasteiger partial charge in [-0.25, -0.2) is 9.78 Å². The standard InChI is InChI=1S/C24H20ClN5O4S/c1-2-33-23(32)22-21-12(8-27-22)19(20-15(28-21)9-26-10-16(20)31)17-5-6-18(34-17)35-24-29-13-4-3-11(25)7-14(13)30-24/h3-8,19-20,26-27H,2,9-10H2,1H3,(H,29,30). The average molecular weight is 510 g/mol. The number of halogens is 1. The highest BCUT2D eigenvalue weighted by Gasteiger charge is 2.44. The first-order valence-electron chi connectivity index (χ1n) is 11.1. The first-order valence-corrected chi connectivity index (χ1v) is 12.3. The van der Waals surface area contributed by atoms with Crippen molar-refractivity contribution < 1.29 is 18.7 Å². The van der Waals surface area contributed by atoms with Gasteiger partial charge in [0.15, 0.2) is 21.7 Å². The van der Waals surface area contributed by atoms with Crippen molar-refractivity contribution >= 4 is 57.5 Å². The Kier molecular flexibility index (Phi) is 5.51. The van der Waals surface area contributed by atoms with Crippen molar-refractivity contribution in [3.63, 3.8) is 0 Å². The number of furan rings is 1. The normalized spacial score (nSPS) is 19.4. The minimum atomic E-state index is -0.480. The van der Waals surface area contributed by atoms with Gasteiger partial charge in [-0.15, -0.1) is 0 Å². The summed E-state index contributed by atoms with van der Waals surface area (Å²) in [5.74, 6) is -0.701. The van der Waals surface area contributed by atoms with Crippen LogP contribution in [0.4, 0.5) is 5.69 Å². The van der Waals surface area contributed by atoms with Crippen LogP contribution in [0.3, 0.4) is 0 Å². The van der Waals surface area contributed by atoms with Crippen molar-refractivity contribution in [1.82, 2.24) is 20.3 Å². The molecule has 9 nitrogen and oxygen atoms in total. The first kappa shape index (κ1) is 22.1. The van der Waals surface area contributed by atoms with Gasteiger partial charge in [-0.2, -0.15) is 0 Å². The van der Waals surface area contributed by atoms with Gasteiger partial charge >= 0.3 is 5.97 Å². The number of Topliss-reactive ketones (excluding diaryl/α,β-unsaturated/α-hetero) is 1. The van der Waals surface area contributed by atoms with Gasteiger partial charge in [0.25, 0.3) is 0 Å². The van der Waals surface area contributed by atoms with Crippen LogP contribution in [0, 0.1) is 5.92 Å². The van der Waals surface area contributed by atoms with E-state index in [-0.39, 0.29) is 24.6 Å². The molecule has 11 heteroatoms. The number of carbonyl (C=O) groups is 2. The van der Waals surface area contributed by atoms with E-state index in [4.69, 9.17) is 25.7 Å². The van der Waals surface area contributed by atoms with Crippen molar-refractivity contribution in [2.45, 2.75) is 23.1 Å². The Balaban J connectivity index is 1.37. The van der Waals surface area contributed by atoms with Crippen LogP contribution in [-0.4, -0.2) is 52.1 Å². The average Bonchev–Trinajstić information content (AvgIpc) is 3.56. The summed E-state index contributed by atoms with van der Waals surface area (Å²) in [5.41, 5.74) is 3.84. The van der Waals surface area contributed by atoms with Crippen LogP contribution in [0.5, 0.6) is 0 Å². The maximum atomic E-state index is 13.0. The molecule has 5 heterocycles. The van der Waals surface area contributed by atoms with Gasteiger partial charge in [-0.05, 0) is 49.0 Å². The summed E-state index contributed by atoms with van der Waals surface area (Å²) in [6.07, 6.45) is 1.72. The highest BCUT2D eigenvalue weighted by molar-refractivity contribution is 7.99. The zero-order chi connectivity index (χ0) is 24.1. The van der Waals surface area contributed by atoms with Crippen molar-refractivity contribution in [2.75, 3.05) is 19.7 Å². The molecule has 0 aliphatic carbocycles. The van der Waals surface area contributed by atoms with Crippen LogP contribution in [0.2, 0.25) is 5.02 Å². The molecule has 0 spiro atoms. The second-order valence-corrected chi connectivity index (χ2v) is 9.71. The molecule has 2 unspecified atom stereocenters. The second kappa shape index (κ2) is 8.71. The van der Waals surface area contributed by atoms with E-state index in [1.54, 1.807) is 19.2 Å². The number of aromatic amines is 2. The fourth-order valence-electron chi connectivity index (χ4n) is 4.65. The number of ketones is 1. The van der Waals surface area contributed by atoms with Crippen LogP contribution < -0.4 is 5.32 Å². The van der Waals surface area contributed by atoms with Gasteiger partial charge in [-0.3, -0.25) is 9.79 Å². The zero-order valence-electron chi connectivity index (χ0n) is 18.6. The molecular weight excluding hydrogens is 490 g/mol. The van der Waals surface area contributed by atoms with Crippen LogP contribution in [0.25, 0.3) is 11.0 Å². The Bertz CT molecular complexity index is 1500. The lowest BCUT2D eigenvalue weighted by Crippen LogP contribution is -2.48. The minimum absolute atomic E-state index is 0.0318. The molecule has 3 N–H and O–H groups in total. The largest absolute Gasteiger partial charge is 0.461 e. The number of ether oxygens (including phenoxy) is 1. The number of benzene rings is 1. The monoisotopic (exact) mass is 509 g/mol. The molecule has 35 heavy (non-hydrogen) atoms. The van der Waals surface area contributed by atoms with Gasteiger partial charge in [0.2, 0.25) is 0 Å². The van der Waals surface area contributed by atoms with Gasteiger partial charge in [0, 0.05) is 29.0 Å². The summed E-state index contributed by atoms with van der Waals surface area (Å²) in [5, 5.41) is 5.01. The fraction of sp³-hybridized carbons (Fsp3) is 0.250. The third kappa shape index (κ3) is 3.87. The maximum Gasteiger partial charge on any atom is 0.357 e. The molecule has 1 saturated heterocycles. The van der Waals surface area contributed by atoms with E-state index in [1.807, 2.05) is 24.3 Å². The van der Waals surface area contributed by atoms with Crippen LogP contribution >= 0.6 is 23.4 Å². The summed E-state index contributed by atoms with van der Waals surface area (Å²) in [7, 11) is 0. The number of esters is 1. The van der Waals surface area contributed by atoms with Crippen LogP contribution in [0.15, 0.2) is 56.2 Å². The highest BCUT2D eigenvalue weighted by atomic mass is 35.5. The summed E-state index contributed by atoms with van der Waals surface area (Å²) in [4.78, 5) is 41.0. The first-order chi connectivity index (χ1) is 17.0. The number of hydrogen-bond donors (Lipinski definition) is 3. The second-order valence-electron chi connectivity index (χ2n) is 8.28. The Morgan fingerprint density at radius 3 is 3.00 bits per heavy atom. The SMILES string of the molecule is CCOC(=O)c1[nH]cc2c1N=C1CNCC(=O)C1C2c1ccc(Sc2nc3ccc(Cl)cc3[nH]2)o1. The quantitative estimate of drug-likeness (QED) is 0.339. The van der Waals surface area contributed by atoms with Crippen molar-refractivity contribution in [2.24, 2.45) is 10.9 Å². The van der Waals surface area contributed by atoms with E-state index in [0.29, 0.717) is 39.0 Å². The third-order valence-electron chi connectivity index (χ3n) is 6.12. The molecule has 3 aromatic heterocycles. The van der Waals surface area contributed by atoms with Crippen molar-refractivity contribution in [3.05, 3.63) is 58.6 Å². The number of nitrogens with one attached hydrogen (secondary N) is 3. The summed E-state index contributed by atoms with van der Waals surface area (Å²) < 4.78 is 11.4. The number of hydrogen-bond acceptors (Lipinski definition) is 8. The molecule has 0 radical (unpaired) electrons. The Labute approximate surface area is 208 Å². The number of H-pyrrole nitrogens is 2. The minimum Gasteiger partial charge on any atom is -0.461 e. The predicted molar refractivity (Wildman–Crippen MR) is 131 cm³/mol. The van der Waals surface area contributed by atoms with Crippen LogP contribution in [0.1, 0.15) is 34.7 Å². The van der Waals surface area contributed by atoms with Crippen LogP contribution in [-0.2, 0) is 9.53 Å². The molecule has 0 amide bonds. The number of fused-ring (bicyclic) bond motifs is 3.